The Bertz CT molecular complexity index is 920. The van der Waals surface area contributed by atoms with Gasteiger partial charge in [-0.25, -0.2) is 9.36 Å². The van der Waals surface area contributed by atoms with E-state index in [4.69, 9.17) is 28.8 Å². The minimum Gasteiger partial charge on any atom is -0.493 e. The summed E-state index contributed by atoms with van der Waals surface area (Å²) in [7, 11) is -3.50. The molecule has 0 aliphatic heterocycles. The Morgan fingerprint density at radius 3 is 2.19 bits per heavy atom. The van der Waals surface area contributed by atoms with E-state index in [9.17, 15) is 9.36 Å². The molecule has 0 aliphatic rings. The number of para-hydroxylation sites is 1. The van der Waals surface area contributed by atoms with Crippen LogP contribution < -0.4 is 15.2 Å². The van der Waals surface area contributed by atoms with Crippen LogP contribution in [0.4, 0.5) is 0 Å². The van der Waals surface area contributed by atoms with Gasteiger partial charge in [-0.2, -0.15) is 0 Å². The molecule has 0 saturated carbocycles. The molecular formula is C23H30NO7P. The van der Waals surface area contributed by atoms with Gasteiger partial charge in [-0.3, -0.25) is 13.6 Å². The number of phosphoric ester groups is 1. The molecule has 0 aliphatic carbocycles. The lowest BCUT2D eigenvalue weighted by molar-refractivity contribution is 0.0729. The van der Waals surface area contributed by atoms with Crippen molar-refractivity contribution in [1.82, 2.24) is 0 Å². The summed E-state index contributed by atoms with van der Waals surface area (Å²) in [5.41, 5.74) is 7.16. The molecule has 0 fully saturated rings. The molecule has 2 rings (SSSR count). The number of hydrogen-bond donors (Lipinski definition) is 1. The van der Waals surface area contributed by atoms with Crippen molar-refractivity contribution in [1.29, 1.82) is 0 Å². The number of nitrogens with two attached hydrogens (primary N) is 1. The molecule has 0 aromatic heterocycles. The van der Waals surface area contributed by atoms with Crippen molar-refractivity contribution in [2.45, 2.75) is 26.7 Å². The topological polar surface area (TPSA) is 106 Å². The van der Waals surface area contributed by atoms with Crippen LogP contribution in [0.3, 0.4) is 0 Å². The fraction of sp³-hybridized carbons (Fsp3) is 0.348. The van der Waals surface area contributed by atoms with Gasteiger partial charge in [0.05, 0.1) is 26.4 Å². The maximum absolute atomic E-state index is 12.6. The number of ether oxygens (including phenoxy) is 2. The summed E-state index contributed by atoms with van der Waals surface area (Å²) in [6, 6.07) is 13.6. The number of carbonyl (C=O) groups excluding carboxylic acids is 1. The molecule has 0 amide bonds. The van der Waals surface area contributed by atoms with Gasteiger partial charge in [-0.05, 0) is 68.7 Å². The summed E-state index contributed by atoms with van der Waals surface area (Å²) in [5.74, 6) is 0.275. The lowest BCUT2D eigenvalue weighted by atomic mass is 10.2. The van der Waals surface area contributed by atoms with Crippen LogP contribution in [0.2, 0.25) is 0 Å². The van der Waals surface area contributed by atoms with Crippen LogP contribution in [0.25, 0.3) is 5.70 Å². The van der Waals surface area contributed by atoms with Gasteiger partial charge in [0, 0.05) is 5.70 Å². The molecule has 0 radical (unpaired) electrons. The van der Waals surface area contributed by atoms with Gasteiger partial charge >= 0.3 is 13.8 Å². The average Bonchev–Trinajstić information content (AvgIpc) is 2.77. The molecule has 0 atom stereocenters. The highest BCUT2D eigenvalue weighted by atomic mass is 31.2. The second kappa shape index (κ2) is 13.0. The van der Waals surface area contributed by atoms with Crippen molar-refractivity contribution in [3.63, 3.8) is 0 Å². The molecule has 174 valence electrons. The molecule has 0 unspecified atom stereocenters. The Morgan fingerprint density at radius 1 is 0.938 bits per heavy atom. The van der Waals surface area contributed by atoms with Crippen molar-refractivity contribution < 1.29 is 32.4 Å². The van der Waals surface area contributed by atoms with E-state index in [1.165, 1.54) is 0 Å². The van der Waals surface area contributed by atoms with E-state index in [2.05, 4.69) is 6.58 Å². The van der Waals surface area contributed by atoms with Gasteiger partial charge in [0.2, 0.25) is 0 Å². The monoisotopic (exact) mass is 463 g/mol. The lowest BCUT2D eigenvalue weighted by Gasteiger charge is -2.16. The van der Waals surface area contributed by atoms with Crippen LogP contribution in [0, 0.1) is 0 Å². The molecule has 8 nitrogen and oxygen atoms in total. The van der Waals surface area contributed by atoms with Crippen molar-refractivity contribution >= 4 is 19.5 Å². The normalized spacial score (nSPS) is 11.2. The molecule has 0 spiro atoms. The fourth-order valence-electron chi connectivity index (χ4n) is 2.65. The zero-order valence-corrected chi connectivity index (χ0v) is 19.3. The number of esters is 1. The molecule has 2 N–H and O–H groups in total. The second-order valence-electron chi connectivity index (χ2n) is 6.61. The highest BCUT2D eigenvalue weighted by Crippen LogP contribution is 2.49. The van der Waals surface area contributed by atoms with E-state index in [0.29, 0.717) is 42.2 Å². The minimum absolute atomic E-state index is 0.204. The van der Waals surface area contributed by atoms with E-state index < -0.39 is 13.8 Å². The van der Waals surface area contributed by atoms with Crippen LogP contribution in [0.1, 0.15) is 42.6 Å². The maximum Gasteiger partial charge on any atom is 0.474 e. The first-order chi connectivity index (χ1) is 15.4. The smallest absolute Gasteiger partial charge is 0.474 e. The summed E-state index contributed by atoms with van der Waals surface area (Å²) >= 11 is 0. The molecule has 2 aromatic carbocycles. The number of rotatable bonds is 14. The molecule has 9 heteroatoms. The van der Waals surface area contributed by atoms with Crippen LogP contribution in [-0.4, -0.2) is 32.4 Å². The number of hydrogen-bond acceptors (Lipinski definition) is 8. The summed E-state index contributed by atoms with van der Waals surface area (Å²) in [6.45, 7) is 8.13. The number of phosphoric acid groups is 1. The highest BCUT2D eigenvalue weighted by Gasteiger charge is 2.24. The molecule has 2 aromatic rings. The third-order valence-electron chi connectivity index (χ3n) is 4.16. The van der Waals surface area contributed by atoms with Crippen molar-refractivity contribution in [2.75, 3.05) is 26.4 Å². The van der Waals surface area contributed by atoms with Gasteiger partial charge in [-0.15, -0.1) is 0 Å². The molecule has 0 bridgehead atoms. The third kappa shape index (κ3) is 8.13. The third-order valence-corrected chi connectivity index (χ3v) is 5.81. The van der Waals surface area contributed by atoms with Crippen molar-refractivity contribution in [3.05, 3.63) is 66.2 Å². The van der Waals surface area contributed by atoms with E-state index in [1.54, 1.807) is 62.4 Å². The van der Waals surface area contributed by atoms with Crippen LogP contribution in [-0.2, 0) is 18.1 Å². The Kier molecular flexibility index (Phi) is 10.4. The Labute approximate surface area is 188 Å². The van der Waals surface area contributed by atoms with Gasteiger partial charge in [0.1, 0.15) is 17.1 Å². The standard InChI is InChI=1S/C23H30NO7P/c1-4-28-32(26,29-5-2)30-17-9-8-16-27-22-11-7-6-10-21(22)23(25)31-20-14-12-19(13-15-20)18(3)24/h6-7,10-15H,3-5,8-9,16-17,24H2,1-2H3. The first kappa shape index (κ1) is 25.6. The lowest BCUT2D eigenvalue weighted by Crippen LogP contribution is -2.11. The summed E-state index contributed by atoms with van der Waals surface area (Å²) in [6.07, 6.45) is 1.20. The molecule has 0 heterocycles. The first-order valence-corrected chi connectivity index (χ1v) is 11.9. The van der Waals surface area contributed by atoms with E-state index in [0.717, 1.165) is 5.56 Å². The fourth-order valence-corrected chi connectivity index (χ4v) is 3.86. The summed E-state index contributed by atoms with van der Waals surface area (Å²) in [4.78, 5) is 12.6. The number of carbonyl (C=O) groups is 1. The Balaban J connectivity index is 1.84. The van der Waals surface area contributed by atoms with Gasteiger partial charge in [0.15, 0.2) is 0 Å². The van der Waals surface area contributed by atoms with Crippen LogP contribution in [0.5, 0.6) is 11.5 Å². The number of unbranched alkanes of at least 4 members (excludes halogenated alkanes) is 1. The quantitative estimate of drug-likeness (QED) is 0.177. The van der Waals surface area contributed by atoms with Crippen LogP contribution in [0.15, 0.2) is 55.1 Å². The van der Waals surface area contributed by atoms with E-state index in [-0.39, 0.29) is 19.8 Å². The molecule has 0 saturated heterocycles. The van der Waals surface area contributed by atoms with Gasteiger partial charge in [-0.1, -0.05) is 18.7 Å². The second-order valence-corrected chi connectivity index (χ2v) is 8.28. The Morgan fingerprint density at radius 2 is 1.56 bits per heavy atom. The largest absolute Gasteiger partial charge is 0.493 e. The summed E-state index contributed by atoms with van der Waals surface area (Å²) in [5, 5.41) is 0. The Hall–Kier alpha value is -2.64. The molecular weight excluding hydrogens is 433 g/mol. The predicted molar refractivity (Wildman–Crippen MR) is 123 cm³/mol. The zero-order chi connectivity index (χ0) is 23.4. The van der Waals surface area contributed by atoms with Crippen molar-refractivity contribution in [3.8, 4) is 11.5 Å². The van der Waals surface area contributed by atoms with Crippen LogP contribution >= 0.6 is 7.82 Å². The van der Waals surface area contributed by atoms with Crippen molar-refractivity contribution in [2.24, 2.45) is 5.73 Å². The van der Waals surface area contributed by atoms with Gasteiger partial charge < -0.3 is 15.2 Å². The zero-order valence-electron chi connectivity index (χ0n) is 18.5. The number of benzene rings is 2. The SMILES string of the molecule is C=C(N)c1ccc(OC(=O)c2ccccc2OCCCCOP(=O)(OCC)OCC)cc1. The maximum atomic E-state index is 12.6. The van der Waals surface area contributed by atoms with E-state index >= 15 is 0 Å². The minimum atomic E-state index is -3.50. The van der Waals surface area contributed by atoms with E-state index in [1.807, 2.05) is 0 Å². The molecule has 32 heavy (non-hydrogen) atoms. The average molecular weight is 463 g/mol. The predicted octanol–water partition coefficient (Wildman–Crippen LogP) is 5.19. The first-order valence-electron chi connectivity index (χ1n) is 10.4. The highest BCUT2D eigenvalue weighted by molar-refractivity contribution is 7.48. The van der Waals surface area contributed by atoms with Gasteiger partial charge in [0.25, 0.3) is 0 Å². The summed E-state index contributed by atoms with van der Waals surface area (Å²) < 4.78 is 38.9.